The molecule has 0 saturated carbocycles. The molecule has 1 aromatic heterocycles. The average Bonchev–Trinajstić information content (AvgIpc) is 2.98. The van der Waals surface area contributed by atoms with Gasteiger partial charge in [0.15, 0.2) is 0 Å². The number of rotatable bonds is 6. The van der Waals surface area contributed by atoms with E-state index in [-0.39, 0.29) is 23.1 Å². The molecule has 1 fully saturated rings. The molecule has 1 aliphatic heterocycles. The van der Waals surface area contributed by atoms with E-state index in [1.807, 2.05) is 0 Å². The van der Waals surface area contributed by atoms with Crippen LogP contribution < -0.4 is 10.1 Å². The van der Waals surface area contributed by atoms with Crippen LogP contribution in [0.4, 0.5) is 8.78 Å². The summed E-state index contributed by atoms with van der Waals surface area (Å²) < 4.78 is 38.9. The van der Waals surface area contributed by atoms with E-state index in [1.54, 1.807) is 6.92 Å². The van der Waals surface area contributed by atoms with Gasteiger partial charge in [0, 0.05) is 19.1 Å². The number of hydrogen-bond donors (Lipinski definition) is 1. The van der Waals surface area contributed by atoms with E-state index < -0.39 is 11.6 Å². The number of hydrogen-bond acceptors (Lipinski definition) is 5. The smallest absolute Gasteiger partial charge is 0.253 e. The van der Waals surface area contributed by atoms with Crippen molar-refractivity contribution in [1.82, 2.24) is 15.5 Å². The first-order chi connectivity index (χ1) is 11.6. The van der Waals surface area contributed by atoms with Crippen molar-refractivity contribution in [2.75, 3.05) is 19.7 Å². The highest BCUT2D eigenvalue weighted by Crippen LogP contribution is 2.29. The maximum atomic E-state index is 14.2. The highest BCUT2D eigenvalue weighted by molar-refractivity contribution is 5.56. The summed E-state index contributed by atoms with van der Waals surface area (Å²) in [5.41, 5.74) is -0.322. The van der Waals surface area contributed by atoms with Gasteiger partial charge in [0.2, 0.25) is 5.89 Å². The Kier molecular flexibility index (Phi) is 5.40. The fourth-order valence-corrected chi connectivity index (χ4v) is 2.97. The number of halogens is 2. The van der Waals surface area contributed by atoms with Crippen LogP contribution in [0.2, 0.25) is 0 Å². The van der Waals surface area contributed by atoms with Crippen molar-refractivity contribution in [3.63, 3.8) is 0 Å². The Morgan fingerprint density at radius 2 is 1.92 bits per heavy atom. The van der Waals surface area contributed by atoms with Gasteiger partial charge in [0.1, 0.15) is 22.9 Å². The lowest BCUT2D eigenvalue weighted by Gasteiger charge is -2.22. The van der Waals surface area contributed by atoms with Crippen LogP contribution in [0.15, 0.2) is 16.5 Å². The van der Waals surface area contributed by atoms with E-state index in [9.17, 15) is 8.78 Å². The third-order valence-electron chi connectivity index (χ3n) is 4.24. The standard InChI is InChI=1S/C17H21F2N3O2/c1-11-21-22-17(24-11)16-14(18)9-13(10-15(16)19)23-8-2-3-12-4-6-20-7-5-12/h9-10,12,20H,2-8H2,1H3. The van der Waals surface area contributed by atoms with Gasteiger partial charge in [-0.3, -0.25) is 0 Å². The Morgan fingerprint density at radius 1 is 1.21 bits per heavy atom. The van der Waals surface area contributed by atoms with Crippen LogP contribution in [0.5, 0.6) is 5.75 Å². The maximum absolute atomic E-state index is 14.2. The number of aryl methyl sites for hydroxylation is 1. The minimum atomic E-state index is -0.771. The lowest BCUT2D eigenvalue weighted by molar-refractivity contribution is 0.272. The molecular weight excluding hydrogens is 316 g/mol. The van der Waals surface area contributed by atoms with Crippen molar-refractivity contribution in [1.29, 1.82) is 0 Å². The van der Waals surface area contributed by atoms with Gasteiger partial charge in [-0.1, -0.05) is 0 Å². The Balaban J connectivity index is 1.56. The van der Waals surface area contributed by atoms with Gasteiger partial charge in [0.05, 0.1) is 6.61 Å². The molecule has 0 aliphatic carbocycles. The summed E-state index contributed by atoms with van der Waals surface area (Å²) in [5, 5.41) is 10.6. The predicted octanol–water partition coefficient (Wildman–Crippen LogP) is 3.48. The first kappa shape index (κ1) is 16.8. The van der Waals surface area contributed by atoms with E-state index >= 15 is 0 Å². The highest BCUT2D eigenvalue weighted by Gasteiger charge is 2.19. The minimum absolute atomic E-state index is 0.167. The summed E-state index contributed by atoms with van der Waals surface area (Å²) in [7, 11) is 0. The van der Waals surface area contributed by atoms with Crippen LogP contribution in [-0.2, 0) is 0 Å². The second-order valence-electron chi connectivity index (χ2n) is 6.07. The monoisotopic (exact) mass is 337 g/mol. The molecule has 1 N–H and O–H groups in total. The average molecular weight is 337 g/mol. The number of nitrogens with zero attached hydrogens (tertiary/aromatic N) is 2. The number of piperidine rings is 1. The Morgan fingerprint density at radius 3 is 2.54 bits per heavy atom. The zero-order valence-corrected chi connectivity index (χ0v) is 13.6. The third-order valence-corrected chi connectivity index (χ3v) is 4.24. The van der Waals surface area contributed by atoms with Crippen molar-refractivity contribution in [2.24, 2.45) is 5.92 Å². The van der Waals surface area contributed by atoms with Gasteiger partial charge < -0.3 is 14.5 Å². The van der Waals surface area contributed by atoms with Gasteiger partial charge in [-0.25, -0.2) is 8.78 Å². The van der Waals surface area contributed by atoms with Gasteiger partial charge in [-0.2, -0.15) is 0 Å². The summed E-state index contributed by atoms with van der Waals surface area (Å²) in [4.78, 5) is 0. The highest BCUT2D eigenvalue weighted by atomic mass is 19.1. The Hall–Kier alpha value is -2.02. The predicted molar refractivity (Wildman–Crippen MR) is 84.7 cm³/mol. The molecule has 5 nitrogen and oxygen atoms in total. The molecule has 1 aromatic carbocycles. The molecule has 0 spiro atoms. The lowest BCUT2D eigenvalue weighted by Crippen LogP contribution is -2.27. The number of benzene rings is 1. The second kappa shape index (κ2) is 7.70. The quantitative estimate of drug-likeness (QED) is 0.818. The summed E-state index contributed by atoms with van der Waals surface area (Å²) in [5.74, 6) is -0.567. The minimum Gasteiger partial charge on any atom is -0.493 e. The van der Waals surface area contributed by atoms with Crippen molar-refractivity contribution in [2.45, 2.75) is 32.6 Å². The lowest BCUT2D eigenvalue weighted by atomic mass is 9.93. The van der Waals surface area contributed by atoms with Crippen LogP contribution in [0, 0.1) is 24.5 Å². The van der Waals surface area contributed by atoms with Gasteiger partial charge in [0.25, 0.3) is 5.89 Å². The molecule has 7 heteroatoms. The normalized spacial score (nSPS) is 15.6. The molecule has 3 rings (SSSR count). The largest absolute Gasteiger partial charge is 0.493 e. The summed E-state index contributed by atoms with van der Waals surface area (Å²) in [6, 6.07) is 2.31. The molecule has 1 saturated heterocycles. The molecule has 0 amide bonds. The van der Waals surface area contributed by atoms with Gasteiger partial charge in [-0.05, 0) is 44.7 Å². The van der Waals surface area contributed by atoms with E-state index in [2.05, 4.69) is 15.5 Å². The number of ether oxygens (including phenoxy) is 1. The molecule has 0 atom stereocenters. The molecule has 2 aromatic rings. The van der Waals surface area contributed by atoms with Crippen molar-refractivity contribution in [3.8, 4) is 17.2 Å². The first-order valence-corrected chi connectivity index (χ1v) is 8.26. The second-order valence-corrected chi connectivity index (χ2v) is 6.07. The molecule has 2 heterocycles. The van der Waals surface area contributed by atoms with Crippen LogP contribution in [0.1, 0.15) is 31.6 Å². The van der Waals surface area contributed by atoms with Crippen LogP contribution >= 0.6 is 0 Å². The van der Waals surface area contributed by atoms with E-state index in [0.29, 0.717) is 12.5 Å². The number of aromatic nitrogens is 2. The molecule has 0 bridgehead atoms. The zero-order chi connectivity index (χ0) is 16.9. The summed E-state index contributed by atoms with van der Waals surface area (Å²) >= 11 is 0. The maximum Gasteiger partial charge on any atom is 0.253 e. The van der Waals surface area contributed by atoms with Crippen molar-refractivity contribution in [3.05, 3.63) is 29.7 Å². The molecular formula is C17H21F2N3O2. The van der Waals surface area contributed by atoms with Crippen molar-refractivity contribution < 1.29 is 17.9 Å². The summed E-state index contributed by atoms with van der Waals surface area (Å²) in [6.45, 7) is 4.14. The fraction of sp³-hybridized carbons (Fsp3) is 0.529. The van der Waals surface area contributed by atoms with Crippen LogP contribution in [-0.4, -0.2) is 29.9 Å². The zero-order valence-electron chi connectivity index (χ0n) is 13.6. The first-order valence-electron chi connectivity index (χ1n) is 8.26. The summed E-state index contributed by atoms with van der Waals surface area (Å²) in [6.07, 6.45) is 4.31. The fourth-order valence-electron chi connectivity index (χ4n) is 2.97. The third kappa shape index (κ3) is 4.08. The topological polar surface area (TPSA) is 60.2 Å². The molecule has 0 unspecified atom stereocenters. The molecule has 1 aliphatic rings. The molecule has 130 valence electrons. The number of nitrogens with one attached hydrogen (secondary N) is 1. The van der Waals surface area contributed by atoms with E-state index in [4.69, 9.17) is 9.15 Å². The van der Waals surface area contributed by atoms with Gasteiger partial charge in [-0.15, -0.1) is 10.2 Å². The SMILES string of the molecule is Cc1nnc(-c2c(F)cc(OCCCC3CCNCC3)cc2F)o1. The van der Waals surface area contributed by atoms with Crippen molar-refractivity contribution >= 4 is 0 Å². The van der Waals surface area contributed by atoms with E-state index in [0.717, 1.165) is 38.1 Å². The van der Waals surface area contributed by atoms with Gasteiger partial charge >= 0.3 is 0 Å². The van der Waals surface area contributed by atoms with Crippen LogP contribution in [0.25, 0.3) is 11.5 Å². The van der Waals surface area contributed by atoms with Crippen LogP contribution in [0.3, 0.4) is 0 Å². The molecule has 0 radical (unpaired) electrons. The van der Waals surface area contributed by atoms with E-state index in [1.165, 1.54) is 12.8 Å². The Labute approximate surface area is 139 Å². The molecule has 24 heavy (non-hydrogen) atoms. The Bertz CT molecular complexity index is 661.